The number of likely N-dealkylation sites (N-methyl/N-ethyl adjacent to an activating group) is 1. The van der Waals surface area contributed by atoms with E-state index in [9.17, 15) is 19.5 Å². The zero-order chi connectivity index (χ0) is 59.1. The first-order valence-corrected chi connectivity index (χ1v) is 33.4. The smallest absolute Gasteiger partial charge is 0.361 e. The lowest BCUT2D eigenvalue weighted by Gasteiger charge is -2.25. The molecule has 0 aliphatic heterocycles. The van der Waals surface area contributed by atoms with Gasteiger partial charge in [0.2, 0.25) is 0 Å². The van der Waals surface area contributed by atoms with Crippen molar-refractivity contribution in [1.82, 2.24) is 0 Å². The van der Waals surface area contributed by atoms with Gasteiger partial charge in [0.1, 0.15) is 13.2 Å². The highest BCUT2D eigenvalue weighted by atomic mass is 16.7. The number of allylic oxidation sites excluding steroid dienone is 16. The summed E-state index contributed by atoms with van der Waals surface area (Å²) in [4.78, 5) is 37.6. The number of carboxylic acid groups (broad SMARTS) is 1. The van der Waals surface area contributed by atoms with Gasteiger partial charge in [-0.05, 0) is 96.3 Å². The van der Waals surface area contributed by atoms with Crippen molar-refractivity contribution in [3.8, 4) is 0 Å². The van der Waals surface area contributed by atoms with E-state index in [0.29, 0.717) is 23.9 Å². The van der Waals surface area contributed by atoms with Crippen LogP contribution in [0.4, 0.5) is 0 Å². The van der Waals surface area contributed by atoms with Gasteiger partial charge in [0, 0.05) is 12.8 Å². The molecule has 81 heavy (non-hydrogen) atoms. The van der Waals surface area contributed by atoms with Crippen LogP contribution < -0.4 is 0 Å². The van der Waals surface area contributed by atoms with Crippen molar-refractivity contribution in [3.63, 3.8) is 0 Å². The Balaban J connectivity index is 4.15. The van der Waals surface area contributed by atoms with Gasteiger partial charge in [-0.2, -0.15) is 0 Å². The summed E-state index contributed by atoms with van der Waals surface area (Å²) < 4.78 is 23.0. The highest BCUT2D eigenvalue weighted by molar-refractivity contribution is 5.71. The Morgan fingerprint density at radius 2 is 0.704 bits per heavy atom. The van der Waals surface area contributed by atoms with Crippen molar-refractivity contribution in [2.24, 2.45) is 0 Å². The van der Waals surface area contributed by atoms with Gasteiger partial charge in [0.15, 0.2) is 6.10 Å². The molecule has 0 aromatic heterocycles. The second-order valence-corrected chi connectivity index (χ2v) is 23.4. The molecule has 466 valence electrons. The molecule has 9 heteroatoms. The number of carboxylic acids is 1. The van der Waals surface area contributed by atoms with E-state index in [1.54, 1.807) is 0 Å². The van der Waals surface area contributed by atoms with Gasteiger partial charge in [-0.3, -0.25) is 9.59 Å². The summed E-state index contributed by atoms with van der Waals surface area (Å²) in [6, 6.07) is 0. The quantitative estimate of drug-likeness (QED) is 0.0211. The molecule has 9 nitrogen and oxygen atoms in total. The number of rotatable bonds is 61. The highest BCUT2D eigenvalue weighted by Crippen LogP contribution is 2.17. The zero-order valence-corrected chi connectivity index (χ0v) is 53.2. The zero-order valence-electron chi connectivity index (χ0n) is 53.2. The molecule has 0 radical (unpaired) electrons. The molecule has 2 unspecified atom stereocenters. The minimum atomic E-state index is -1.52. The first-order chi connectivity index (χ1) is 39.6. The van der Waals surface area contributed by atoms with Crippen LogP contribution in [0.3, 0.4) is 0 Å². The van der Waals surface area contributed by atoms with Gasteiger partial charge < -0.3 is 28.5 Å². The second-order valence-electron chi connectivity index (χ2n) is 23.4. The summed E-state index contributed by atoms with van der Waals surface area (Å²) in [5.74, 6) is -2.01. The van der Waals surface area contributed by atoms with Gasteiger partial charge >= 0.3 is 17.9 Å². The largest absolute Gasteiger partial charge is 0.477 e. The fourth-order valence-corrected chi connectivity index (χ4v) is 9.23. The van der Waals surface area contributed by atoms with Crippen LogP contribution in [0.2, 0.25) is 0 Å². The average molecular weight is 1130 g/mol. The highest BCUT2D eigenvalue weighted by Gasteiger charge is 2.25. The summed E-state index contributed by atoms with van der Waals surface area (Å²) in [5, 5.41) is 9.74. The number of nitrogens with zero attached hydrogens (tertiary/aromatic N) is 1. The molecular weight excluding hydrogens is 1010 g/mol. The molecule has 0 bridgehead atoms. The van der Waals surface area contributed by atoms with Crippen LogP contribution in [0.25, 0.3) is 0 Å². The molecular formula is C72H126NO8+. The fraction of sp³-hybridized carbons (Fsp3) is 0.736. The van der Waals surface area contributed by atoms with Gasteiger partial charge in [0.05, 0.1) is 34.4 Å². The van der Waals surface area contributed by atoms with E-state index < -0.39 is 24.3 Å². The van der Waals surface area contributed by atoms with Crippen LogP contribution >= 0.6 is 0 Å². The van der Waals surface area contributed by atoms with Crippen molar-refractivity contribution < 1.29 is 42.9 Å². The van der Waals surface area contributed by atoms with Crippen LogP contribution in [-0.4, -0.2) is 87.4 Å². The van der Waals surface area contributed by atoms with Gasteiger partial charge in [-0.25, -0.2) is 4.79 Å². The van der Waals surface area contributed by atoms with Crippen molar-refractivity contribution in [3.05, 3.63) is 97.2 Å². The van der Waals surface area contributed by atoms with Gasteiger partial charge in [-0.1, -0.05) is 272 Å². The number of esters is 2. The SMILES string of the molecule is CC/C=C\C/C=C\C/C=C\C/C=C\C/C=C\CCCCCCCCCCCC(=O)OC(COC(=O)CCCCCCCCCCCCCCCCCC/C=C\C/C=C\C/C=C\CCCCCCC)COC(OCC[N+](C)(C)C)C(=O)O. The molecule has 0 amide bonds. The molecule has 0 aromatic rings. The molecule has 0 heterocycles. The summed E-state index contributed by atoms with van der Waals surface area (Å²) >= 11 is 0. The van der Waals surface area contributed by atoms with Crippen molar-refractivity contribution in [1.29, 1.82) is 0 Å². The third-order valence-corrected chi connectivity index (χ3v) is 14.3. The molecule has 1 N–H and O–H groups in total. The van der Waals surface area contributed by atoms with Crippen LogP contribution in [0.1, 0.15) is 284 Å². The Bertz CT molecular complexity index is 1650. The molecule has 0 saturated carbocycles. The molecule has 0 rings (SSSR count). The standard InChI is InChI=1S/C72H125NO8/c1-6-8-10-12-14-16-18-20-22-24-26-28-30-32-33-34-35-36-37-39-40-42-44-46-48-50-52-54-56-58-60-62-69(74)79-66-68(67-80-72(71(76)77)78-65-64-73(3,4)5)81-70(75)63-61-59-57-55-53-51-49-47-45-43-41-38-31-29-27-25-23-21-19-17-15-13-11-9-7-2/h9,11,15,17-18,20-21,23-24,26-27,29-30,32,38,41,68,72H,6-8,10,12-14,16,19,22,25,28,31,33-37,39-40,42-67H2,1-5H3/p+1/b11-9-,17-15-,20-18-,23-21-,26-24-,29-27-,32-30-,41-38-. The molecule has 0 spiro atoms. The number of unbranched alkanes of at least 4 members (excludes halogenated alkanes) is 30. The van der Waals surface area contributed by atoms with E-state index in [4.69, 9.17) is 18.9 Å². The minimum absolute atomic E-state index is 0.183. The third-order valence-electron chi connectivity index (χ3n) is 14.3. The first kappa shape index (κ1) is 77.2. The molecule has 0 fully saturated rings. The van der Waals surface area contributed by atoms with Crippen LogP contribution in [0, 0.1) is 0 Å². The number of ether oxygens (including phenoxy) is 4. The van der Waals surface area contributed by atoms with Crippen molar-refractivity contribution >= 4 is 17.9 Å². The molecule has 2 atom stereocenters. The number of quaternary nitrogens is 1. The van der Waals surface area contributed by atoms with Gasteiger partial charge in [-0.15, -0.1) is 0 Å². The van der Waals surface area contributed by atoms with E-state index >= 15 is 0 Å². The number of hydrogen-bond donors (Lipinski definition) is 1. The second kappa shape index (κ2) is 62.3. The Labute approximate surface area is 499 Å². The predicted molar refractivity (Wildman–Crippen MR) is 345 cm³/mol. The van der Waals surface area contributed by atoms with E-state index in [0.717, 1.165) is 89.9 Å². The van der Waals surface area contributed by atoms with E-state index in [1.807, 2.05) is 21.1 Å². The Morgan fingerprint density at radius 1 is 0.383 bits per heavy atom. The summed E-state index contributed by atoms with van der Waals surface area (Å²) in [5.41, 5.74) is 0. The maximum Gasteiger partial charge on any atom is 0.361 e. The summed E-state index contributed by atoms with van der Waals surface area (Å²) in [7, 11) is 5.97. The monoisotopic (exact) mass is 1130 g/mol. The number of aliphatic carboxylic acids is 1. The lowest BCUT2D eigenvalue weighted by Crippen LogP contribution is -2.40. The number of carbonyl (C=O) groups excluding carboxylic acids is 2. The van der Waals surface area contributed by atoms with E-state index in [2.05, 4.69) is 111 Å². The Kier molecular flexibility index (Phi) is 59.3. The Hall–Kier alpha value is -3.79. The maximum atomic E-state index is 12.9. The number of carbonyl (C=O) groups is 3. The van der Waals surface area contributed by atoms with Crippen molar-refractivity contribution in [2.75, 3.05) is 47.5 Å². The van der Waals surface area contributed by atoms with Gasteiger partial charge in [0.25, 0.3) is 6.29 Å². The average Bonchev–Trinajstić information content (AvgIpc) is 3.44. The third kappa shape index (κ3) is 63.6. The maximum absolute atomic E-state index is 12.9. The number of hydrogen-bond acceptors (Lipinski definition) is 7. The molecule has 0 aliphatic rings. The lowest BCUT2D eigenvalue weighted by atomic mass is 10.0. The normalized spacial score (nSPS) is 13.3. The van der Waals surface area contributed by atoms with Crippen LogP contribution in [0.15, 0.2) is 97.2 Å². The van der Waals surface area contributed by atoms with E-state index in [-0.39, 0.29) is 32.2 Å². The topological polar surface area (TPSA) is 108 Å². The van der Waals surface area contributed by atoms with E-state index in [1.165, 1.54) is 161 Å². The Morgan fingerprint density at radius 3 is 1.05 bits per heavy atom. The molecule has 0 saturated heterocycles. The molecule has 0 aliphatic carbocycles. The fourth-order valence-electron chi connectivity index (χ4n) is 9.23. The first-order valence-electron chi connectivity index (χ1n) is 33.4. The summed E-state index contributed by atoms with van der Waals surface area (Å²) in [6.45, 7) is 4.76. The van der Waals surface area contributed by atoms with Crippen LogP contribution in [-0.2, 0) is 33.3 Å². The molecule has 0 aromatic carbocycles. The lowest BCUT2D eigenvalue weighted by molar-refractivity contribution is -0.870. The predicted octanol–water partition coefficient (Wildman–Crippen LogP) is 20.5. The minimum Gasteiger partial charge on any atom is -0.477 e. The summed E-state index contributed by atoms with van der Waals surface area (Å²) in [6.07, 6.45) is 82.2. The van der Waals surface area contributed by atoms with Crippen molar-refractivity contribution in [2.45, 2.75) is 296 Å². The van der Waals surface area contributed by atoms with Crippen LogP contribution in [0.5, 0.6) is 0 Å².